The fourth-order valence-corrected chi connectivity index (χ4v) is 4.69. The Morgan fingerprint density at radius 1 is 1.31 bits per heavy atom. The summed E-state index contributed by atoms with van der Waals surface area (Å²) in [6.07, 6.45) is 7.19. The Hall–Kier alpha value is -1.68. The Labute approximate surface area is 154 Å². The second kappa shape index (κ2) is 7.91. The van der Waals surface area contributed by atoms with Crippen LogP contribution in [-0.2, 0) is 16.4 Å². The van der Waals surface area contributed by atoms with E-state index in [0.29, 0.717) is 31.2 Å². The van der Waals surface area contributed by atoms with Crippen LogP contribution in [0.25, 0.3) is 0 Å². The zero-order chi connectivity index (χ0) is 18.7. The lowest BCUT2D eigenvalue weighted by molar-refractivity contribution is 0.0982. The molecule has 0 atom stereocenters. The highest BCUT2D eigenvalue weighted by atomic mass is 32.2. The number of aromatic nitrogens is 2. The minimum absolute atomic E-state index is 0.0876. The lowest BCUT2D eigenvalue weighted by Gasteiger charge is -2.44. The van der Waals surface area contributed by atoms with Crippen LogP contribution in [0, 0.1) is 6.92 Å². The number of nitrogens with one attached hydrogen (secondary N) is 1. The molecule has 1 saturated heterocycles. The predicted molar refractivity (Wildman–Crippen MR) is 95.1 cm³/mol. The number of carbonyl (C=O) groups excluding carboxylic acids is 1. The molecule has 1 saturated carbocycles. The maximum atomic E-state index is 12.3. The summed E-state index contributed by atoms with van der Waals surface area (Å²) in [7, 11) is -3.38. The van der Waals surface area contributed by atoms with Crippen molar-refractivity contribution in [3.05, 3.63) is 11.7 Å². The summed E-state index contributed by atoms with van der Waals surface area (Å²) in [6.45, 7) is 2.80. The molecule has 1 aromatic heterocycles. The molecule has 1 aliphatic heterocycles. The van der Waals surface area contributed by atoms with E-state index in [1.54, 1.807) is 11.8 Å². The highest BCUT2D eigenvalue weighted by molar-refractivity contribution is 7.88. The molecule has 0 aromatic carbocycles. The number of carbonyl (C=O) groups is 1. The fraction of sp³-hybridized carbons (Fsp3) is 0.812. The molecule has 0 unspecified atom stereocenters. The van der Waals surface area contributed by atoms with E-state index in [1.165, 1.54) is 17.0 Å². The van der Waals surface area contributed by atoms with Crippen molar-refractivity contribution in [2.45, 2.75) is 57.5 Å². The van der Waals surface area contributed by atoms with Gasteiger partial charge in [0.05, 0.1) is 12.3 Å². The fourth-order valence-electron chi connectivity index (χ4n) is 3.59. The van der Waals surface area contributed by atoms with Gasteiger partial charge in [-0.3, -0.25) is 0 Å². The van der Waals surface area contributed by atoms with Crippen LogP contribution in [0.1, 0.15) is 43.8 Å². The third kappa shape index (κ3) is 4.73. The van der Waals surface area contributed by atoms with Crippen molar-refractivity contribution in [1.82, 2.24) is 24.7 Å². The van der Waals surface area contributed by atoms with Crippen LogP contribution in [-0.4, -0.2) is 71.8 Å². The summed E-state index contributed by atoms with van der Waals surface area (Å²) < 4.78 is 30.6. The normalized spacial score (nSPS) is 19.6. The molecule has 2 heterocycles. The number of rotatable bonds is 6. The van der Waals surface area contributed by atoms with E-state index in [2.05, 4.69) is 15.5 Å². The van der Waals surface area contributed by atoms with Gasteiger partial charge in [-0.05, 0) is 12.8 Å². The molecular formula is C16H27N5O4S. The smallest absolute Gasteiger partial charge is 0.317 e. The lowest BCUT2D eigenvalue weighted by Crippen LogP contribution is -2.64. The van der Waals surface area contributed by atoms with E-state index in [9.17, 15) is 13.2 Å². The van der Waals surface area contributed by atoms with Crippen molar-refractivity contribution in [1.29, 1.82) is 0 Å². The van der Waals surface area contributed by atoms with Crippen molar-refractivity contribution in [2.24, 2.45) is 0 Å². The number of nitrogens with zero attached hydrogens (tertiary/aromatic N) is 4. The first kappa shape index (κ1) is 19.1. The average molecular weight is 385 g/mol. The summed E-state index contributed by atoms with van der Waals surface area (Å²) in [5.41, 5.74) is 0. The summed E-state index contributed by atoms with van der Waals surface area (Å²) in [5.74, 6) is 0.947. The van der Waals surface area contributed by atoms with Gasteiger partial charge >= 0.3 is 6.03 Å². The third-order valence-electron chi connectivity index (χ3n) is 5.04. The molecule has 0 spiro atoms. The van der Waals surface area contributed by atoms with Crippen molar-refractivity contribution >= 4 is 16.1 Å². The van der Waals surface area contributed by atoms with Crippen LogP contribution in [0.15, 0.2) is 4.52 Å². The zero-order valence-corrected chi connectivity index (χ0v) is 16.2. The molecule has 2 aliphatic rings. The topological polar surface area (TPSA) is 109 Å². The molecule has 146 valence electrons. The van der Waals surface area contributed by atoms with Crippen molar-refractivity contribution < 1.29 is 17.7 Å². The second-order valence-corrected chi connectivity index (χ2v) is 9.13. The first-order valence-corrected chi connectivity index (χ1v) is 11.0. The largest absolute Gasteiger partial charge is 0.340 e. The van der Waals surface area contributed by atoms with E-state index in [0.717, 1.165) is 25.7 Å². The zero-order valence-electron chi connectivity index (χ0n) is 15.3. The third-order valence-corrected chi connectivity index (χ3v) is 6.37. The molecule has 26 heavy (non-hydrogen) atoms. The molecule has 9 nitrogen and oxygen atoms in total. The van der Waals surface area contributed by atoms with Gasteiger partial charge < -0.3 is 14.7 Å². The minimum atomic E-state index is -3.38. The van der Waals surface area contributed by atoms with Gasteiger partial charge in [0.15, 0.2) is 5.82 Å². The number of hydrogen-bond donors (Lipinski definition) is 1. The van der Waals surface area contributed by atoms with Gasteiger partial charge in [0.1, 0.15) is 0 Å². The maximum absolute atomic E-state index is 12.3. The van der Waals surface area contributed by atoms with Gasteiger partial charge in [0.2, 0.25) is 15.9 Å². The molecule has 0 bridgehead atoms. The second-order valence-electron chi connectivity index (χ2n) is 7.20. The summed E-state index contributed by atoms with van der Waals surface area (Å²) in [6, 6.07) is -0.0340. The summed E-state index contributed by atoms with van der Waals surface area (Å²) >= 11 is 0. The molecule has 2 fully saturated rings. The molecule has 1 aliphatic carbocycles. The van der Waals surface area contributed by atoms with Crippen LogP contribution in [0.3, 0.4) is 0 Å². The number of amides is 2. The number of aryl methyl sites for hydroxylation is 1. The Morgan fingerprint density at radius 2 is 2.00 bits per heavy atom. The van der Waals surface area contributed by atoms with Crippen LogP contribution in [0.4, 0.5) is 4.79 Å². The Morgan fingerprint density at radius 3 is 2.58 bits per heavy atom. The van der Waals surface area contributed by atoms with Gasteiger partial charge in [-0.2, -0.15) is 9.29 Å². The summed E-state index contributed by atoms with van der Waals surface area (Å²) in [4.78, 5) is 18.1. The lowest BCUT2D eigenvalue weighted by atomic mass is 9.95. The molecular weight excluding hydrogens is 358 g/mol. The highest BCUT2D eigenvalue weighted by Crippen LogP contribution is 2.21. The van der Waals surface area contributed by atoms with Crippen LogP contribution in [0.2, 0.25) is 0 Å². The quantitative estimate of drug-likeness (QED) is 0.780. The van der Waals surface area contributed by atoms with Gasteiger partial charge in [-0.15, -0.1) is 0 Å². The van der Waals surface area contributed by atoms with Crippen LogP contribution in [0.5, 0.6) is 0 Å². The number of urea groups is 1. The highest BCUT2D eigenvalue weighted by Gasteiger charge is 2.39. The first-order chi connectivity index (χ1) is 12.3. The Kier molecular flexibility index (Phi) is 5.81. The van der Waals surface area contributed by atoms with Gasteiger partial charge in [0, 0.05) is 39.0 Å². The maximum Gasteiger partial charge on any atom is 0.317 e. The molecule has 1 aromatic rings. The minimum Gasteiger partial charge on any atom is -0.340 e. The average Bonchev–Trinajstić information content (AvgIpc) is 2.94. The Bertz CT molecular complexity index is 723. The standard InChI is InChI=1S/C16H27N5O4S/c1-12-17-15(19-25-12)8-9-21(26(2,23)24)14-10-20(11-14)16(22)18-13-6-4-3-5-7-13/h13-14H,3-11H2,1-2H3,(H,18,22). The van der Waals surface area contributed by atoms with Crippen LogP contribution < -0.4 is 5.32 Å². The van der Waals surface area contributed by atoms with E-state index in [4.69, 9.17) is 4.52 Å². The molecule has 10 heteroatoms. The summed E-state index contributed by atoms with van der Waals surface area (Å²) in [5, 5.41) is 6.87. The molecule has 1 N–H and O–H groups in total. The van der Waals surface area contributed by atoms with Gasteiger partial charge in [-0.1, -0.05) is 24.4 Å². The van der Waals surface area contributed by atoms with E-state index in [-0.39, 0.29) is 24.7 Å². The number of likely N-dealkylation sites (tertiary alicyclic amines) is 1. The van der Waals surface area contributed by atoms with E-state index < -0.39 is 10.0 Å². The van der Waals surface area contributed by atoms with Crippen LogP contribution >= 0.6 is 0 Å². The van der Waals surface area contributed by atoms with Crippen molar-refractivity contribution in [2.75, 3.05) is 25.9 Å². The monoisotopic (exact) mass is 385 g/mol. The van der Waals surface area contributed by atoms with Crippen molar-refractivity contribution in [3.8, 4) is 0 Å². The van der Waals surface area contributed by atoms with Gasteiger partial charge in [-0.25, -0.2) is 13.2 Å². The Balaban J connectivity index is 1.50. The van der Waals surface area contributed by atoms with E-state index >= 15 is 0 Å². The predicted octanol–water partition coefficient (Wildman–Crippen LogP) is 0.909. The number of hydrogen-bond acceptors (Lipinski definition) is 6. The molecule has 0 radical (unpaired) electrons. The SMILES string of the molecule is Cc1nc(CCN(C2CN(C(=O)NC3CCCCC3)C2)S(C)(=O)=O)no1. The molecule has 3 rings (SSSR count). The molecule has 2 amide bonds. The van der Waals surface area contributed by atoms with E-state index in [1.807, 2.05) is 0 Å². The van der Waals surface area contributed by atoms with Crippen molar-refractivity contribution in [3.63, 3.8) is 0 Å². The first-order valence-electron chi connectivity index (χ1n) is 9.14. The van der Waals surface area contributed by atoms with Gasteiger partial charge in [0.25, 0.3) is 0 Å². The number of sulfonamides is 1.